The number of carboxylic acid groups (broad SMARTS) is 1. The fraction of sp³-hybridized carbons (Fsp3) is 0.500. The molecule has 6 nitrogen and oxygen atoms in total. The molecule has 1 aliphatic rings. The maximum absolute atomic E-state index is 12.4. The molecule has 1 aromatic rings. The number of rotatable bonds is 10. The number of allylic oxidation sites excluding steroid dienone is 1. The van der Waals surface area contributed by atoms with Gasteiger partial charge in [0.15, 0.2) is 0 Å². The van der Waals surface area contributed by atoms with Crippen LogP contribution in [0.4, 0.5) is 0 Å². The third-order valence-electron chi connectivity index (χ3n) is 4.36. The lowest BCUT2D eigenvalue weighted by Gasteiger charge is -2.43. The molecule has 6 heteroatoms. The van der Waals surface area contributed by atoms with E-state index in [0.29, 0.717) is 12.4 Å². The molecule has 1 fully saturated rings. The van der Waals surface area contributed by atoms with Gasteiger partial charge < -0.3 is 14.7 Å². The summed E-state index contributed by atoms with van der Waals surface area (Å²) in [5, 5.41) is 9.17. The van der Waals surface area contributed by atoms with E-state index >= 15 is 0 Å². The van der Waals surface area contributed by atoms with Crippen LogP contribution in [0.1, 0.15) is 43.7 Å². The van der Waals surface area contributed by atoms with Crippen LogP contribution in [-0.2, 0) is 9.59 Å². The van der Waals surface area contributed by atoms with Gasteiger partial charge in [-0.1, -0.05) is 18.6 Å². The van der Waals surface area contributed by atoms with E-state index in [1.165, 1.54) is 7.11 Å². The molecule has 1 aromatic heterocycles. The predicted octanol–water partition coefficient (Wildman–Crippen LogP) is 2.81. The minimum absolute atomic E-state index is 0.0114. The third kappa shape index (κ3) is 4.34. The number of ether oxygens (including phenoxy) is 1. The summed E-state index contributed by atoms with van der Waals surface area (Å²) in [5.41, 5.74) is 0.719. The lowest BCUT2D eigenvalue weighted by molar-refractivity contribution is -0.154. The largest absolute Gasteiger partial charge is 0.481 e. The van der Waals surface area contributed by atoms with Crippen molar-refractivity contribution in [3.8, 4) is 5.88 Å². The van der Waals surface area contributed by atoms with E-state index in [2.05, 4.69) is 11.6 Å². The molecule has 2 rings (SSSR count). The number of β-lactam (4-membered cyclic amide) rings is 1. The first kappa shape index (κ1) is 18.0. The number of carboxylic acids is 1. The Labute approximate surface area is 142 Å². The van der Waals surface area contributed by atoms with Gasteiger partial charge in [-0.15, -0.1) is 6.58 Å². The first-order chi connectivity index (χ1) is 11.6. The molecule has 1 saturated heterocycles. The lowest BCUT2D eigenvalue weighted by atomic mass is 9.88. The second-order valence-electron chi connectivity index (χ2n) is 6.01. The molecule has 0 saturated carbocycles. The van der Waals surface area contributed by atoms with Crippen LogP contribution in [0.5, 0.6) is 5.88 Å². The van der Waals surface area contributed by atoms with Crippen molar-refractivity contribution in [2.24, 2.45) is 5.92 Å². The summed E-state index contributed by atoms with van der Waals surface area (Å²) in [7, 11) is 1.52. The summed E-state index contributed by atoms with van der Waals surface area (Å²) in [4.78, 5) is 29.4. The molecule has 130 valence electrons. The highest BCUT2D eigenvalue weighted by atomic mass is 16.5. The van der Waals surface area contributed by atoms with Gasteiger partial charge in [0.25, 0.3) is 0 Å². The molecule has 24 heavy (non-hydrogen) atoms. The molecule has 1 amide bonds. The van der Waals surface area contributed by atoms with Gasteiger partial charge in [0.1, 0.15) is 0 Å². The van der Waals surface area contributed by atoms with Crippen LogP contribution in [-0.4, -0.2) is 40.5 Å². The fourth-order valence-electron chi connectivity index (χ4n) is 2.99. The Balaban J connectivity index is 2.00. The van der Waals surface area contributed by atoms with Crippen molar-refractivity contribution in [3.05, 3.63) is 36.5 Å². The van der Waals surface area contributed by atoms with Crippen LogP contribution < -0.4 is 4.74 Å². The molecule has 1 aliphatic heterocycles. The standard InChI is InChI=1S/C18H24N2O4/c1-3-4-5-6-7-14-12-20(18(14)23)15(10-17(21)22)13-8-9-16(24-2)19-11-13/h3,8-9,11,14-15H,1,4-7,10,12H2,2H3,(H,21,22)/t14-,15?/m0/s1. The van der Waals surface area contributed by atoms with Crippen molar-refractivity contribution >= 4 is 11.9 Å². The number of amides is 1. The van der Waals surface area contributed by atoms with Crippen molar-refractivity contribution in [3.63, 3.8) is 0 Å². The Bertz CT molecular complexity index is 585. The first-order valence-corrected chi connectivity index (χ1v) is 8.20. The Morgan fingerprint density at radius 3 is 2.88 bits per heavy atom. The molecule has 2 heterocycles. The Kier molecular flexibility index (Phi) is 6.35. The Morgan fingerprint density at radius 2 is 2.33 bits per heavy atom. The summed E-state index contributed by atoms with van der Waals surface area (Å²) < 4.78 is 5.02. The zero-order valence-corrected chi connectivity index (χ0v) is 14.0. The second-order valence-corrected chi connectivity index (χ2v) is 6.01. The second kappa shape index (κ2) is 8.47. The van der Waals surface area contributed by atoms with E-state index < -0.39 is 12.0 Å². The van der Waals surface area contributed by atoms with E-state index in [1.807, 2.05) is 6.08 Å². The normalized spacial score (nSPS) is 18.0. The van der Waals surface area contributed by atoms with Crippen molar-refractivity contribution < 1.29 is 19.4 Å². The minimum Gasteiger partial charge on any atom is -0.481 e. The summed E-state index contributed by atoms with van der Waals surface area (Å²) in [6.07, 6.45) is 7.18. The van der Waals surface area contributed by atoms with Crippen LogP contribution in [0.25, 0.3) is 0 Å². The maximum atomic E-state index is 12.4. The van der Waals surface area contributed by atoms with Gasteiger partial charge in [-0.2, -0.15) is 0 Å². The number of hydrogen-bond donors (Lipinski definition) is 1. The average molecular weight is 332 g/mol. The van der Waals surface area contributed by atoms with Crippen molar-refractivity contribution in [2.45, 2.75) is 38.1 Å². The molecular weight excluding hydrogens is 308 g/mol. The van der Waals surface area contributed by atoms with Gasteiger partial charge >= 0.3 is 5.97 Å². The quantitative estimate of drug-likeness (QED) is 0.405. The highest BCUT2D eigenvalue weighted by molar-refractivity contribution is 5.85. The zero-order valence-electron chi connectivity index (χ0n) is 14.0. The highest BCUT2D eigenvalue weighted by Crippen LogP contribution is 2.34. The monoisotopic (exact) mass is 332 g/mol. The topological polar surface area (TPSA) is 79.7 Å². The van der Waals surface area contributed by atoms with E-state index in [0.717, 1.165) is 31.2 Å². The molecular formula is C18H24N2O4. The molecule has 0 radical (unpaired) electrons. The summed E-state index contributed by atoms with van der Waals surface area (Å²) in [6.45, 7) is 4.30. The summed E-state index contributed by atoms with van der Waals surface area (Å²) in [6, 6.07) is 2.98. The number of likely N-dealkylation sites (tertiary alicyclic amines) is 1. The van der Waals surface area contributed by atoms with Gasteiger partial charge in [0, 0.05) is 18.8 Å². The number of methoxy groups -OCH3 is 1. The number of nitrogens with zero attached hydrogens (tertiary/aromatic N) is 2. The van der Waals surface area contributed by atoms with Crippen LogP contribution in [0.15, 0.2) is 31.0 Å². The first-order valence-electron chi connectivity index (χ1n) is 8.20. The number of pyridine rings is 1. The maximum Gasteiger partial charge on any atom is 0.305 e. The van der Waals surface area contributed by atoms with Gasteiger partial charge in [-0.3, -0.25) is 9.59 Å². The van der Waals surface area contributed by atoms with Crippen molar-refractivity contribution in [1.82, 2.24) is 9.88 Å². The molecule has 1 unspecified atom stereocenters. The van der Waals surface area contributed by atoms with Crippen LogP contribution in [0, 0.1) is 5.92 Å². The van der Waals surface area contributed by atoms with E-state index in [4.69, 9.17) is 4.74 Å². The molecule has 0 aliphatic carbocycles. The summed E-state index contributed by atoms with van der Waals surface area (Å²) >= 11 is 0. The van der Waals surface area contributed by atoms with E-state index in [1.54, 1.807) is 23.2 Å². The summed E-state index contributed by atoms with van der Waals surface area (Å²) in [5.74, 6) is -0.422. The van der Waals surface area contributed by atoms with Gasteiger partial charge in [-0.25, -0.2) is 4.98 Å². The van der Waals surface area contributed by atoms with E-state index in [9.17, 15) is 14.7 Å². The number of aliphatic carboxylic acids is 1. The Hall–Kier alpha value is -2.37. The molecule has 0 aromatic carbocycles. The molecule has 2 atom stereocenters. The van der Waals surface area contributed by atoms with Crippen molar-refractivity contribution in [2.75, 3.05) is 13.7 Å². The molecule has 1 N–H and O–H groups in total. The third-order valence-corrected chi connectivity index (χ3v) is 4.36. The average Bonchev–Trinajstić information content (AvgIpc) is 2.58. The molecule has 0 bridgehead atoms. The zero-order chi connectivity index (χ0) is 17.5. The lowest BCUT2D eigenvalue weighted by Crippen LogP contribution is -2.54. The van der Waals surface area contributed by atoms with Gasteiger partial charge in [0.05, 0.1) is 25.5 Å². The minimum atomic E-state index is -0.932. The van der Waals surface area contributed by atoms with Gasteiger partial charge in [0.2, 0.25) is 11.8 Å². The van der Waals surface area contributed by atoms with Crippen LogP contribution >= 0.6 is 0 Å². The number of hydrogen-bond acceptors (Lipinski definition) is 4. The van der Waals surface area contributed by atoms with Crippen molar-refractivity contribution in [1.29, 1.82) is 0 Å². The van der Waals surface area contributed by atoms with E-state index in [-0.39, 0.29) is 18.2 Å². The highest BCUT2D eigenvalue weighted by Gasteiger charge is 2.41. The smallest absolute Gasteiger partial charge is 0.305 e. The Morgan fingerprint density at radius 1 is 1.54 bits per heavy atom. The van der Waals surface area contributed by atoms with Crippen LogP contribution in [0.2, 0.25) is 0 Å². The number of carbonyl (C=O) groups excluding carboxylic acids is 1. The van der Waals surface area contributed by atoms with Gasteiger partial charge in [-0.05, 0) is 24.8 Å². The predicted molar refractivity (Wildman–Crippen MR) is 89.7 cm³/mol. The number of carbonyl (C=O) groups is 2. The number of aromatic nitrogens is 1. The molecule has 0 spiro atoms. The van der Waals surface area contributed by atoms with Crippen LogP contribution in [0.3, 0.4) is 0 Å². The number of unbranched alkanes of at least 4 members (excludes halogenated alkanes) is 2. The SMILES string of the molecule is C=CCCCC[C@H]1CN(C(CC(=O)O)c2ccc(OC)nc2)C1=O. The fourth-order valence-corrected chi connectivity index (χ4v) is 2.99.